The average Bonchev–Trinajstić information content (AvgIpc) is 2.77. The molecule has 0 saturated carbocycles. The number of methoxy groups -OCH3 is 1. The van der Waals surface area contributed by atoms with Gasteiger partial charge in [-0.3, -0.25) is 4.79 Å². The standard InChI is InChI=1S/C14H23N3O2S.2ClH/c1-10-12(20-11(2)17-10)13(18)16-8-14(9-19-3)4-6-15-7-5-14;;/h15H,4-9H2,1-3H3,(H,16,18);2*1H. The number of nitrogens with one attached hydrogen (secondary N) is 2. The first-order chi connectivity index (χ1) is 9.56. The van der Waals surface area contributed by atoms with Crippen LogP contribution in [0.25, 0.3) is 0 Å². The Kier molecular flexibility index (Phi) is 9.50. The van der Waals surface area contributed by atoms with Crippen LogP contribution in [0.4, 0.5) is 0 Å². The van der Waals surface area contributed by atoms with Crippen LogP contribution in [-0.2, 0) is 4.74 Å². The smallest absolute Gasteiger partial charge is 0.263 e. The highest BCUT2D eigenvalue weighted by Crippen LogP contribution is 2.28. The predicted octanol–water partition coefficient (Wildman–Crippen LogP) is 2.35. The van der Waals surface area contributed by atoms with E-state index < -0.39 is 0 Å². The van der Waals surface area contributed by atoms with Gasteiger partial charge < -0.3 is 15.4 Å². The van der Waals surface area contributed by atoms with E-state index in [1.165, 1.54) is 11.3 Å². The molecular formula is C14H25Cl2N3O2S. The van der Waals surface area contributed by atoms with Crippen LogP contribution in [0.3, 0.4) is 0 Å². The van der Waals surface area contributed by atoms with Crippen LogP contribution >= 0.6 is 36.2 Å². The van der Waals surface area contributed by atoms with E-state index in [0.717, 1.165) is 41.5 Å². The second-order valence-corrected chi connectivity index (χ2v) is 6.72. The molecule has 5 nitrogen and oxygen atoms in total. The fourth-order valence-electron chi connectivity index (χ4n) is 2.73. The van der Waals surface area contributed by atoms with Crippen molar-refractivity contribution in [2.24, 2.45) is 5.41 Å². The summed E-state index contributed by atoms with van der Waals surface area (Å²) in [5.74, 6) is -0.0119. The molecule has 1 aromatic heterocycles. The third kappa shape index (κ3) is 5.35. The molecule has 128 valence electrons. The summed E-state index contributed by atoms with van der Waals surface area (Å²) in [7, 11) is 1.72. The molecule has 2 rings (SSSR count). The summed E-state index contributed by atoms with van der Waals surface area (Å²) in [5.41, 5.74) is 0.875. The van der Waals surface area contributed by atoms with Crippen molar-refractivity contribution in [2.45, 2.75) is 26.7 Å². The van der Waals surface area contributed by atoms with Gasteiger partial charge in [-0.15, -0.1) is 36.2 Å². The van der Waals surface area contributed by atoms with Gasteiger partial charge in [-0.25, -0.2) is 4.98 Å². The first kappa shape index (κ1) is 21.6. The predicted molar refractivity (Wildman–Crippen MR) is 94.8 cm³/mol. The number of carbonyl (C=O) groups is 1. The number of halogens is 2. The summed E-state index contributed by atoms with van der Waals surface area (Å²) in [6.45, 7) is 7.13. The van der Waals surface area contributed by atoms with Crippen molar-refractivity contribution in [1.29, 1.82) is 0 Å². The van der Waals surface area contributed by atoms with Gasteiger partial charge >= 0.3 is 0 Å². The lowest BCUT2D eigenvalue weighted by molar-refractivity contribution is 0.0512. The molecule has 0 aliphatic carbocycles. The van der Waals surface area contributed by atoms with E-state index in [4.69, 9.17) is 4.74 Å². The van der Waals surface area contributed by atoms with Gasteiger partial charge in [0.05, 0.1) is 17.3 Å². The number of hydrogen-bond donors (Lipinski definition) is 2. The van der Waals surface area contributed by atoms with Gasteiger partial charge in [0.15, 0.2) is 0 Å². The molecular weight excluding hydrogens is 345 g/mol. The molecule has 2 heterocycles. The van der Waals surface area contributed by atoms with Gasteiger partial charge in [-0.1, -0.05) is 0 Å². The van der Waals surface area contributed by atoms with Crippen LogP contribution < -0.4 is 10.6 Å². The summed E-state index contributed by atoms with van der Waals surface area (Å²) in [4.78, 5) is 17.3. The van der Waals surface area contributed by atoms with Crippen molar-refractivity contribution in [3.8, 4) is 0 Å². The zero-order chi connectivity index (χ0) is 14.6. The van der Waals surface area contributed by atoms with E-state index in [2.05, 4.69) is 15.6 Å². The lowest BCUT2D eigenvalue weighted by atomic mass is 9.79. The quantitative estimate of drug-likeness (QED) is 0.835. The maximum Gasteiger partial charge on any atom is 0.263 e. The van der Waals surface area contributed by atoms with Crippen LogP contribution in [-0.4, -0.2) is 44.2 Å². The number of aryl methyl sites for hydroxylation is 2. The fraction of sp³-hybridized carbons (Fsp3) is 0.714. The topological polar surface area (TPSA) is 63.2 Å². The van der Waals surface area contributed by atoms with Crippen molar-refractivity contribution in [2.75, 3.05) is 33.4 Å². The van der Waals surface area contributed by atoms with Crippen LogP contribution in [0.5, 0.6) is 0 Å². The van der Waals surface area contributed by atoms with Gasteiger partial charge in [-0.2, -0.15) is 0 Å². The van der Waals surface area contributed by atoms with Crippen molar-refractivity contribution < 1.29 is 9.53 Å². The van der Waals surface area contributed by atoms with Crippen molar-refractivity contribution in [3.05, 3.63) is 15.6 Å². The van der Waals surface area contributed by atoms with E-state index in [0.29, 0.717) is 13.2 Å². The minimum Gasteiger partial charge on any atom is -0.384 e. The molecule has 0 unspecified atom stereocenters. The van der Waals surface area contributed by atoms with Gasteiger partial charge in [-0.05, 0) is 39.8 Å². The summed E-state index contributed by atoms with van der Waals surface area (Å²) in [6.07, 6.45) is 2.06. The van der Waals surface area contributed by atoms with Crippen LogP contribution in [0.1, 0.15) is 33.2 Å². The second-order valence-electron chi connectivity index (χ2n) is 5.51. The number of hydrogen-bond acceptors (Lipinski definition) is 5. The van der Waals surface area contributed by atoms with Crippen molar-refractivity contribution in [1.82, 2.24) is 15.6 Å². The summed E-state index contributed by atoms with van der Waals surface area (Å²) in [5, 5.41) is 7.36. The van der Waals surface area contributed by atoms with Crippen molar-refractivity contribution in [3.63, 3.8) is 0 Å². The van der Waals surface area contributed by atoms with E-state index >= 15 is 0 Å². The molecule has 1 fully saturated rings. The van der Waals surface area contributed by atoms with Gasteiger partial charge in [0, 0.05) is 19.1 Å². The first-order valence-electron chi connectivity index (χ1n) is 6.98. The molecule has 2 N–H and O–H groups in total. The highest BCUT2D eigenvalue weighted by Gasteiger charge is 2.32. The molecule has 0 spiro atoms. The Balaban J connectivity index is 0.00000220. The fourth-order valence-corrected chi connectivity index (χ4v) is 3.56. The molecule has 1 saturated heterocycles. The third-order valence-electron chi connectivity index (χ3n) is 3.85. The first-order valence-corrected chi connectivity index (χ1v) is 7.80. The number of thiazole rings is 1. The molecule has 8 heteroatoms. The number of ether oxygens (including phenoxy) is 1. The second kappa shape index (κ2) is 9.67. The lowest BCUT2D eigenvalue weighted by Gasteiger charge is -2.37. The SMILES string of the molecule is COCC1(CNC(=O)c2sc(C)nc2C)CCNCC1.Cl.Cl. The number of nitrogens with zero attached hydrogens (tertiary/aromatic N) is 1. The molecule has 1 amide bonds. The molecule has 1 aromatic rings. The number of amides is 1. The van der Waals surface area contributed by atoms with Crippen molar-refractivity contribution >= 4 is 42.1 Å². The maximum absolute atomic E-state index is 12.3. The Hall–Kier alpha value is -0.400. The summed E-state index contributed by atoms with van der Waals surface area (Å²) >= 11 is 1.45. The highest BCUT2D eigenvalue weighted by atomic mass is 35.5. The average molecular weight is 370 g/mol. The molecule has 1 aliphatic rings. The van der Waals surface area contributed by atoms with Gasteiger partial charge in [0.1, 0.15) is 4.88 Å². The lowest BCUT2D eigenvalue weighted by Crippen LogP contribution is -2.47. The molecule has 0 aromatic carbocycles. The maximum atomic E-state index is 12.3. The normalized spacial score (nSPS) is 16.3. The number of piperidine rings is 1. The molecule has 22 heavy (non-hydrogen) atoms. The number of aromatic nitrogens is 1. The number of rotatable bonds is 5. The van der Waals surface area contributed by atoms with Gasteiger partial charge in [0.2, 0.25) is 0 Å². The Labute approximate surface area is 148 Å². The van der Waals surface area contributed by atoms with E-state index in [9.17, 15) is 4.79 Å². The minimum atomic E-state index is -0.0119. The Morgan fingerprint density at radius 3 is 2.50 bits per heavy atom. The molecule has 0 bridgehead atoms. The largest absolute Gasteiger partial charge is 0.384 e. The third-order valence-corrected chi connectivity index (χ3v) is 4.92. The van der Waals surface area contributed by atoms with Crippen LogP contribution in [0, 0.1) is 19.3 Å². The van der Waals surface area contributed by atoms with Crippen LogP contribution in [0.15, 0.2) is 0 Å². The molecule has 1 aliphatic heterocycles. The Morgan fingerprint density at radius 1 is 1.36 bits per heavy atom. The monoisotopic (exact) mass is 369 g/mol. The highest BCUT2D eigenvalue weighted by molar-refractivity contribution is 7.13. The number of carbonyl (C=O) groups excluding carboxylic acids is 1. The zero-order valence-electron chi connectivity index (χ0n) is 13.2. The van der Waals surface area contributed by atoms with E-state index in [-0.39, 0.29) is 36.1 Å². The summed E-state index contributed by atoms with van der Waals surface area (Å²) in [6, 6.07) is 0. The molecule has 0 atom stereocenters. The van der Waals surface area contributed by atoms with Crippen LogP contribution in [0.2, 0.25) is 0 Å². The zero-order valence-corrected chi connectivity index (χ0v) is 15.7. The van der Waals surface area contributed by atoms with Gasteiger partial charge in [0.25, 0.3) is 5.91 Å². The summed E-state index contributed by atoms with van der Waals surface area (Å²) < 4.78 is 5.36. The van der Waals surface area contributed by atoms with E-state index in [1.807, 2.05) is 13.8 Å². The molecule has 0 radical (unpaired) electrons. The minimum absolute atomic E-state index is 0. The Bertz CT molecular complexity index is 471. The Morgan fingerprint density at radius 2 is 2.00 bits per heavy atom. The van der Waals surface area contributed by atoms with E-state index in [1.54, 1.807) is 7.11 Å².